The van der Waals surface area contributed by atoms with Crippen molar-refractivity contribution in [3.05, 3.63) is 59.7 Å². The van der Waals surface area contributed by atoms with E-state index in [1.807, 2.05) is 27.9 Å². The number of hydrogen-bond acceptors (Lipinski definition) is 8. The average Bonchev–Trinajstić information content (AvgIpc) is 3.76. The molecule has 2 saturated heterocycles. The third kappa shape index (κ3) is 6.32. The number of amides is 3. The van der Waals surface area contributed by atoms with Gasteiger partial charge in [0, 0.05) is 50.4 Å². The molecule has 3 fully saturated rings. The zero-order chi connectivity index (χ0) is 30.1. The van der Waals surface area contributed by atoms with E-state index < -0.39 is 5.91 Å². The van der Waals surface area contributed by atoms with E-state index in [1.165, 1.54) is 18.4 Å². The Bertz CT molecular complexity index is 1490. The second-order valence-electron chi connectivity index (χ2n) is 11.9. The maximum absolute atomic E-state index is 13.1. The molecule has 1 aromatic carbocycles. The first-order chi connectivity index (χ1) is 20.8. The molecule has 3 aliphatic rings. The molecule has 3 amide bonds. The molecule has 12 heteroatoms. The smallest absolute Gasteiger partial charge is 0.271 e. The summed E-state index contributed by atoms with van der Waals surface area (Å²) in [6.07, 6.45) is 10.9. The molecular formula is C31H39N9O3. The maximum atomic E-state index is 13.1. The van der Waals surface area contributed by atoms with Crippen LogP contribution in [0.15, 0.2) is 42.9 Å². The van der Waals surface area contributed by atoms with E-state index in [-0.39, 0.29) is 41.5 Å². The summed E-state index contributed by atoms with van der Waals surface area (Å²) in [4.78, 5) is 50.1. The Labute approximate surface area is 251 Å². The number of carbonyl (C=O) groups excluding carboxylic acids is 3. The van der Waals surface area contributed by atoms with Crippen molar-refractivity contribution < 1.29 is 14.4 Å². The number of piperidine rings is 2. The SMILES string of the molecule is CC(=O)N1CCC(n2cc(Nc3nc(N4CCC[C@@H](NC(=O)c5ccc(C6CC6)cc5)[C@H]4C)cnc3C(N)=O)cn2)CC1. The van der Waals surface area contributed by atoms with Crippen LogP contribution in [0.3, 0.4) is 0 Å². The lowest BCUT2D eigenvalue weighted by atomic mass is 9.97. The highest BCUT2D eigenvalue weighted by Gasteiger charge is 2.31. The fourth-order valence-electron chi connectivity index (χ4n) is 6.20. The fraction of sp³-hybridized carbons (Fsp3) is 0.484. The topological polar surface area (TPSA) is 151 Å². The highest BCUT2D eigenvalue weighted by atomic mass is 16.2. The number of benzene rings is 1. The molecule has 4 heterocycles. The van der Waals surface area contributed by atoms with E-state index in [4.69, 9.17) is 10.7 Å². The van der Waals surface area contributed by atoms with E-state index in [0.717, 1.165) is 32.2 Å². The van der Waals surface area contributed by atoms with Crippen LogP contribution in [-0.2, 0) is 4.79 Å². The van der Waals surface area contributed by atoms with Crippen LogP contribution in [0.1, 0.15) is 90.7 Å². The van der Waals surface area contributed by atoms with Crippen molar-refractivity contribution in [2.75, 3.05) is 29.9 Å². The molecule has 1 aliphatic carbocycles. The van der Waals surface area contributed by atoms with Crippen molar-refractivity contribution in [1.29, 1.82) is 0 Å². The predicted octanol–water partition coefficient (Wildman–Crippen LogP) is 3.36. The molecule has 1 saturated carbocycles. The molecule has 226 valence electrons. The average molecular weight is 586 g/mol. The molecule has 3 aromatic rings. The second kappa shape index (κ2) is 12.0. The highest BCUT2D eigenvalue weighted by Crippen LogP contribution is 2.40. The summed E-state index contributed by atoms with van der Waals surface area (Å²) in [5.74, 6) is 0.826. The zero-order valence-corrected chi connectivity index (χ0v) is 24.7. The minimum Gasteiger partial charge on any atom is -0.364 e. The van der Waals surface area contributed by atoms with Crippen LogP contribution in [0, 0.1) is 0 Å². The van der Waals surface area contributed by atoms with Gasteiger partial charge in [0.05, 0.1) is 24.1 Å². The Kier molecular flexibility index (Phi) is 8.00. The van der Waals surface area contributed by atoms with E-state index in [2.05, 4.69) is 44.7 Å². The van der Waals surface area contributed by atoms with Gasteiger partial charge < -0.3 is 26.2 Å². The van der Waals surface area contributed by atoms with E-state index in [0.29, 0.717) is 36.1 Å². The molecule has 2 aromatic heterocycles. The number of rotatable bonds is 8. The van der Waals surface area contributed by atoms with Crippen LogP contribution in [0.5, 0.6) is 0 Å². The lowest BCUT2D eigenvalue weighted by Gasteiger charge is -2.40. The molecule has 12 nitrogen and oxygen atoms in total. The summed E-state index contributed by atoms with van der Waals surface area (Å²) in [5.41, 5.74) is 8.31. The van der Waals surface area contributed by atoms with Crippen molar-refractivity contribution >= 4 is 35.0 Å². The third-order valence-corrected chi connectivity index (χ3v) is 8.96. The minimum absolute atomic E-state index is 0.0374. The van der Waals surface area contributed by atoms with Crippen LogP contribution in [0.2, 0.25) is 0 Å². The van der Waals surface area contributed by atoms with Gasteiger partial charge in [0.15, 0.2) is 11.5 Å². The summed E-state index contributed by atoms with van der Waals surface area (Å²) in [6.45, 7) is 5.80. The number of aromatic nitrogens is 4. The second-order valence-corrected chi connectivity index (χ2v) is 11.9. The molecule has 2 aliphatic heterocycles. The van der Waals surface area contributed by atoms with Gasteiger partial charge >= 0.3 is 0 Å². The number of nitrogens with one attached hydrogen (secondary N) is 2. The highest BCUT2D eigenvalue weighted by molar-refractivity contribution is 5.96. The van der Waals surface area contributed by atoms with Gasteiger partial charge in [-0.3, -0.25) is 19.1 Å². The minimum atomic E-state index is -0.685. The van der Waals surface area contributed by atoms with Crippen molar-refractivity contribution in [2.45, 2.75) is 76.4 Å². The van der Waals surface area contributed by atoms with Crippen LogP contribution >= 0.6 is 0 Å². The first kappa shape index (κ1) is 28.6. The Morgan fingerprint density at radius 1 is 0.977 bits per heavy atom. The number of primary amides is 1. The van der Waals surface area contributed by atoms with E-state index >= 15 is 0 Å². The summed E-state index contributed by atoms with van der Waals surface area (Å²) >= 11 is 0. The molecule has 0 bridgehead atoms. The normalized spacial score (nSPS) is 21.0. The lowest BCUT2D eigenvalue weighted by Crippen LogP contribution is -2.54. The van der Waals surface area contributed by atoms with Gasteiger partial charge in [-0.05, 0) is 69.1 Å². The molecular weight excluding hydrogens is 546 g/mol. The lowest BCUT2D eigenvalue weighted by molar-refractivity contribution is -0.130. The monoisotopic (exact) mass is 585 g/mol. The Morgan fingerprint density at radius 2 is 1.72 bits per heavy atom. The summed E-state index contributed by atoms with van der Waals surface area (Å²) in [5, 5.41) is 10.9. The molecule has 0 unspecified atom stereocenters. The van der Waals surface area contributed by atoms with E-state index in [1.54, 1.807) is 19.3 Å². The number of hydrogen-bond donors (Lipinski definition) is 3. The first-order valence-electron chi connectivity index (χ1n) is 15.2. The number of carbonyl (C=O) groups is 3. The number of nitrogens with two attached hydrogens (primary N) is 1. The third-order valence-electron chi connectivity index (χ3n) is 8.96. The van der Waals surface area contributed by atoms with Crippen molar-refractivity contribution in [2.24, 2.45) is 5.73 Å². The number of nitrogens with zero attached hydrogens (tertiary/aromatic N) is 6. The first-order valence-corrected chi connectivity index (χ1v) is 15.2. The van der Waals surface area contributed by atoms with Gasteiger partial charge in [-0.25, -0.2) is 9.97 Å². The van der Waals surface area contributed by atoms with Crippen molar-refractivity contribution in [3.63, 3.8) is 0 Å². The largest absolute Gasteiger partial charge is 0.364 e. The molecule has 4 N–H and O–H groups in total. The predicted molar refractivity (Wildman–Crippen MR) is 162 cm³/mol. The summed E-state index contributed by atoms with van der Waals surface area (Å²) in [7, 11) is 0. The number of anilines is 3. The Balaban J connectivity index is 1.14. The Morgan fingerprint density at radius 3 is 2.40 bits per heavy atom. The van der Waals surface area contributed by atoms with Gasteiger partial charge in [0.25, 0.3) is 11.8 Å². The zero-order valence-electron chi connectivity index (χ0n) is 24.7. The Hall–Kier alpha value is -4.48. The van der Waals surface area contributed by atoms with Gasteiger partial charge in [0.1, 0.15) is 5.82 Å². The number of likely N-dealkylation sites (tertiary alicyclic amines) is 1. The fourth-order valence-corrected chi connectivity index (χ4v) is 6.20. The van der Waals surface area contributed by atoms with Crippen LogP contribution in [-0.4, -0.2) is 74.1 Å². The molecule has 0 spiro atoms. The van der Waals surface area contributed by atoms with Gasteiger partial charge in [-0.15, -0.1) is 0 Å². The maximum Gasteiger partial charge on any atom is 0.271 e. The van der Waals surface area contributed by atoms with Crippen molar-refractivity contribution in [3.8, 4) is 0 Å². The molecule has 2 atom stereocenters. The van der Waals surface area contributed by atoms with Crippen molar-refractivity contribution in [1.82, 2.24) is 30.0 Å². The van der Waals surface area contributed by atoms with Crippen LogP contribution in [0.4, 0.5) is 17.3 Å². The van der Waals surface area contributed by atoms with Gasteiger partial charge in [-0.2, -0.15) is 5.10 Å². The van der Waals surface area contributed by atoms with Crippen LogP contribution in [0.25, 0.3) is 0 Å². The molecule has 43 heavy (non-hydrogen) atoms. The molecule has 6 rings (SSSR count). The van der Waals surface area contributed by atoms with Crippen LogP contribution < -0.4 is 21.3 Å². The van der Waals surface area contributed by atoms with Gasteiger partial charge in [0.2, 0.25) is 5.91 Å². The molecule has 0 radical (unpaired) electrons. The quantitative estimate of drug-likeness (QED) is 0.364. The summed E-state index contributed by atoms with van der Waals surface area (Å²) < 4.78 is 1.89. The standard InChI is InChI=1S/C31H39N9O3/c1-19-26(36-31(43)23-9-7-22(8-10-23)21-5-6-21)4-3-13-39(19)27-17-33-28(29(32)42)30(37-27)35-24-16-34-40(18-24)25-11-14-38(15-12-25)20(2)41/h7-10,16-19,21,25-26H,3-6,11-15H2,1-2H3,(H2,32,42)(H,35,37)(H,36,43)/t19-,26-/m1/s1. The summed E-state index contributed by atoms with van der Waals surface area (Å²) in [6, 6.07) is 8.01. The van der Waals surface area contributed by atoms with Gasteiger partial charge in [-0.1, -0.05) is 12.1 Å². The van der Waals surface area contributed by atoms with E-state index in [9.17, 15) is 14.4 Å².